The lowest BCUT2D eigenvalue weighted by Crippen LogP contribution is -2.22. The maximum atomic E-state index is 13.5. The first-order valence-electron chi connectivity index (χ1n) is 10.5. The summed E-state index contributed by atoms with van der Waals surface area (Å²) in [6.45, 7) is 2.19. The predicted molar refractivity (Wildman–Crippen MR) is 120 cm³/mol. The van der Waals surface area contributed by atoms with Gasteiger partial charge >= 0.3 is 0 Å². The second kappa shape index (κ2) is 10.0. The molecule has 0 saturated heterocycles. The Labute approximate surface area is 190 Å². The van der Waals surface area contributed by atoms with E-state index in [-0.39, 0.29) is 18.1 Å². The van der Waals surface area contributed by atoms with Crippen molar-refractivity contribution in [2.24, 2.45) is 0 Å². The lowest BCUT2D eigenvalue weighted by Gasteiger charge is -2.12. The van der Waals surface area contributed by atoms with Gasteiger partial charge in [-0.3, -0.25) is 4.79 Å². The summed E-state index contributed by atoms with van der Waals surface area (Å²) in [4.78, 5) is 12.4. The van der Waals surface area contributed by atoms with Crippen LogP contribution in [0.3, 0.4) is 0 Å². The van der Waals surface area contributed by atoms with Crippen molar-refractivity contribution in [2.45, 2.75) is 26.3 Å². The van der Waals surface area contributed by atoms with E-state index in [2.05, 4.69) is 10.4 Å². The molecule has 7 nitrogen and oxygen atoms in total. The molecular weight excluding hydrogens is 425 g/mol. The lowest BCUT2D eigenvalue weighted by molar-refractivity contribution is -0.121. The van der Waals surface area contributed by atoms with E-state index in [9.17, 15) is 9.18 Å². The highest BCUT2D eigenvalue weighted by Crippen LogP contribution is 2.32. The van der Waals surface area contributed by atoms with Crippen molar-refractivity contribution in [1.29, 1.82) is 0 Å². The number of methoxy groups -OCH3 is 1. The number of carbonyl (C=O) groups is 1. The van der Waals surface area contributed by atoms with Crippen LogP contribution in [-0.2, 0) is 17.8 Å². The van der Waals surface area contributed by atoms with Crippen LogP contribution in [0.25, 0.3) is 5.69 Å². The average Bonchev–Trinajstić information content (AvgIpc) is 3.45. The summed E-state index contributed by atoms with van der Waals surface area (Å²) in [5.41, 5.74) is 2.17. The highest BCUT2D eigenvalue weighted by Gasteiger charge is 2.20. The van der Waals surface area contributed by atoms with E-state index < -0.39 is 0 Å². The number of ether oxygens (including phenoxy) is 2. The molecule has 0 spiro atoms. The van der Waals surface area contributed by atoms with Crippen LogP contribution >= 0.6 is 0 Å². The van der Waals surface area contributed by atoms with Crippen molar-refractivity contribution in [3.8, 4) is 23.1 Å². The van der Waals surface area contributed by atoms with Gasteiger partial charge in [-0.25, -0.2) is 9.07 Å². The van der Waals surface area contributed by atoms with Crippen molar-refractivity contribution in [3.63, 3.8) is 0 Å². The molecule has 4 aromatic rings. The number of benzene rings is 2. The minimum Gasteiger partial charge on any atom is -0.497 e. The molecule has 4 rings (SSSR count). The van der Waals surface area contributed by atoms with E-state index in [0.29, 0.717) is 41.8 Å². The smallest absolute Gasteiger partial charge is 0.226 e. The van der Waals surface area contributed by atoms with Crippen molar-refractivity contribution < 1.29 is 23.1 Å². The molecule has 1 amide bonds. The third-order valence-electron chi connectivity index (χ3n) is 5.12. The third-order valence-corrected chi connectivity index (χ3v) is 5.12. The first-order valence-corrected chi connectivity index (χ1v) is 10.5. The van der Waals surface area contributed by atoms with E-state index in [1.54, 1.807) is 66.6 Å². The topological polar surface area (TPSA) is 78.5 Å². The molecule has 0 radical (unpaired) electrons. The third kappa shape index (κ3) is 5.41. The van der Waals surface area contributed by atoms with Crippen LogP contribution in [-0.4, -0.2) is 22.8 Å². The lowest BCUT2D eigenvalue weighted by atomic mass is 10.1. The molecule has 0 atom stereocenters. The summed E-state index contributed by atoms with van der Waals surface area (Å²) in [5.74, 6) is 2.00. The quantitative estimate of drug-likeness (QED) is 0.391. The number of aryl methyl sites for hydroxylation is 1. The summed E-state index contributed by atoms with van der Waals surface area (Å²) in [6, 6.07) is 16.7. The second-order valence-corrected chi connectivity index (χ2v) is 7.39. The monoisotopic (exact) mass is 449 g/mol. The van der Waals surface area contributed by atoms with Crippen molar-refractivity contribution >= 4 is 5.91 Å². The Morgan fingerprint density at radius 2 is 1.82 bits per heavy atom. The van der Waals surface area contributed by atoms with Crippen LogP contribution in [0.4, 0.5) is 4.39 Å². The van der Waals surface area contributed by atoms with Crippen LogP contribution in [0.15, 0.2) is 71.3 Å². The average molecular weight is 449 g/mol. The van der Waals surface area contributed by atoms with E-state index in [1.807, 2.05) is 6.92 Å². The van der Waals surface area contributed by atoms with Crippen LogP contribution in [0.5, 0.6) is 17.4 Å². The molecule has 2 aromatic heterocycles. The van der Waals surface area contributed by atoms with Gasteiger partial charge in [-0.1, -0.05) is 0 Å². The van der Waals surface area contributed by atoms with Gasteiger partial charge in [0.2, 0.25) is 11.8 Å². The summed E-state index contributed by atoms with van der Waals surface area (Å²) < 4.78 is 31.7. The fourth-order valence-corrected chi connectivity index (χ4v) is 3.37. The molecule has 0 fully saturated rings. The minimum absolute atomic E-state index is 0.115. The first kappa shape index (κ1) is 22.1. The van der Waals surface area contributed by atoms with Gasteiger partial charge < -0.3 is 19.2 Å². The molecule has 0 aliphatic heterocycles. The molecule has 1 N–H and O–H groups in total. The van der Waals surface area contributed by atoms with Crippen molar-refractivity contribution in [2.75, 3.05) is 7.11 Å². The van der Waals surface area contributed by atoms with Gasteiger partial charge in [0.25, 0.3) is 0 Å². The highest BCUT2D eigenvalue weighted by molar-refractivity contribution is 5.76. The van der Waals surface area contributed by atoms with Gasteiger partial charge in [0.1, 0.15) is 23.1 Å². The summed E-state index contributed by atoms with van der Waals surface area (Å²) in [7, 11) is 1.60. The zero-order valence-corrected chi connectivity index (χ0v) is 18.4. The Kier molecular flexibility index (Phi) is 6.73. The number of nitrogens with zero attached hydrogens (tertiary/aromatic N) is 2. The molecule has 2 heterocycles. The molecule has 170 valence electrons. The Balaban J connectivity index is 1.57. The van der Waals surface area contributed by atoms with Gasteiger partial charge in [0, 0.05) is 12.0 Å². The van der Waals surface area contributed by atoms with Crippen LogP contribution < -0.4 is 14.8 Å². The van der Waals surface area contributed by atoms with Gasteiger partial charge in [-0.15, -0.1) is 0 Å². The molecule has 0 bridgehead atoms. The number of rotatable bonds is 9. The van der Waals surface area contributed by atoms with E-state index in [1.165, 1.54) is 12.1 Å². The Morgan fingerprint density at radius 1 is 1.09 bits per heavy atom. The molecular formula is C25H24FN3O4. The van der Waals surface area contributed by atoms with Crippen molar-refractivity contribution in [1.82, 2.24) is 15.1 Å². The summed E-state index contributed by atoms with van der Waals surface area (Å²) in [5, 5.41) is 7.45. The van der Waals surface area contributed by atoms with Gasteiger partial charge in [-0.2, -0.15) is 5.10 Å². The second-order valence-electron chi connectivity index (χ2n) is 7.39. The van der Waals surface area contributed by atoms with E-state index in [4.69, 9.17) is 13.9 Å². The Hall–Kier alpha value is -4.07. The minimum atomic E-state index is -0.339. The van der Waals surface area contributed by atoms with Crippen LogP contribution in [0, 0.1) is 12.7 Å². The zero-order chi connectivity index (χ0) is 23.2. The fraction of sp³-hybridized carbons (Fsp3) is 0.200. The van der Waals surface area contributed by atoms with Crippen LogP contribution in [0.2, 0.25) is 0 Å². The summed E-state index contributed by atoms with van der Waals surface area (Å²) >= 11 is 0. The molecule has 8 heteroatoms. The van der Waals surface area contributed by atoms with Crippen LogP contribution in [0.1, 0.15) is 23.4 Å². The molecule has 33 heavy (non-hydrogen) atoms. The number of hydrogen-bond acceptors (Lipinski definition) is 5. The molecule has 0 saturated carbocycles. The first-order chi connectivity index (χ1) is 16.0. The van der Waals surface area contributed by atoms with Gasteiger partial charge in [-0.05, 0) is 74.0 Å². The van der Waals surface area contributed by atoms with Crippen molar-refractivity contribution in [3.05, 3.63) is 89.8 Å². The number of nitrogens with one attached hydrogen (secondary N) is 1. The number of hydrogen-bond donors (Lipinski definition) is 1. The molecule has 0 unspecified atom stereocenters. The maximum absolute atomic E-state index is 13.5. The largest absolute Gasteiger partial charge is 0.497 e. The number of aromatic nitrogens is 2. The van der Waals surface area contributed by atoms with Gasteiger partial charge in [0.15, 0.2) is 0 Å². The number of furan rings is 1. The SMILES string of the molecule is COc1ccc(Oc2c(CCC(=O)NCc3ccco3)c(C)nn2-c2ccc(F)cc2)cc1. The van der Waals surface area contributed by atoms with E-state index in [0.717, 1.165) is 11.3 Å². The summed E-state index contributed by atoms with van der Waals surface area (Å²) in [6.07, 6.45) is 2.23. The number of carbonyl (C=O) groups excluding carboxylic acids is 1. The van der Waals surface area contributed by atoms with E-state index >= 15 is 0 Å². The predicted octanol–water partition coefficient (Wildman–Crippen LogP) is 4.96. The normalized spacial score (nSPS) is 10.8. The Bertz CT molecular complexity index is 1200. The fourth-order valence-electron chi connectivity index (χ4n) is 3.37. The molecule has 0 aliphatic carbocycles. The number of halogens is 1. The number of amides is 1. The standard InChI is InChI=1S/C25H24FN3O4/c1-17-23(13-14-24(30)27-16-22-4-3-15-32-22)25(33-21-11-9-20(31-2)10-12-21)29(28-17)19-7-5-18(26)6-8-19/h3-12,15H,13-14,16H2,1-2H3,(H,27,30). The maximum Gasteiger partial charge on any atom is 0.226 e. The highest BCUT2D eigenvalue weighted by atomic mass is 19.1. The van der Waals surface area contributed by atoms with Gasteiger partial charge in [0.05, 0.1) is 31.3 Å². The molecule has 0 aliphatic rings. The zero-order valence-electron chi connectivity index (χ0n) is 18.4. The molecule has 2 aromatic carbocycles. The Morgan fingerprint density at radius 3 is 2.48 bits per heavy atom.